The molecule has 3 N–H and O–H groups in total. The zero-order valence-corrected chi connectivity index (χ0v) is 13.0. The van der Waals surface area contributed by atoms with E-state index in [9.17, 15) is 13.5 Å². The van der Waals surface area contributed by atoms with Gasteiger partial charge in [-0.05, 0) is 53.9 Å². The summed E-state index contributed by atoms with van der Waals surface area (Å²) in [6, 6.07) is 4.65. The molecular formula is C12H17BrN2O3S. The summed E-state index contributed by atoms with van der Waals surface area (Å²) in [4.78, 5) is 0.211. The number of nitrogens with two attached hydrogens (primary N) is 1. The number of nitrogens with zero attached hydrogens (tertiary/aromatic N) is 1. The van der Waals surface area contributed by atoms with E-state index in [0.717, 1.165) is 0 Å². The van der Waals surface area contributed by atoms with Crippen LogP contribution >= 0.6 is 15.9 Å². The zero-order valence-electron chi connectivity index (χ0n) is 10.6. The van der Waals surface area contributed by atoms with Crippen LogP contribution in [0.25, 0.3) is 0 Å². The lowest BCUT2D eigenvalue weighted by Crippen LogP contribution is -2.45. The topological polar surface area (TPSA) is 83.6 Å². The maximum absolute atomic E-state index is 12.5. The van der Waals surface area contributed by atoms with Crippen LogP contribution in [0.5, 0.6) is 0 Å². The van der Waals surface area contributed by atoms with Crippen molar-refractivity contribution in [2.24, 2.45) is 0 Å². The molecule has 0 amide bonds. The molecule has 0 aromatic heterocycles. The van der Waals surface area contributed by atoms with E-state index in [-0.39, 0.29) is 4.90 Å². The van der Waals surface area contributed by atoms with Crippen molar-refractivity contribution in [3.05, 3.63) is 22.7 Å². The lowest BCUT2D eigenvalue weighted by Gasteiger charge is -2.35. The van der Waals surface area contributed by atoms with Gasteiger partial charge in [0, 0.05) is 23.2 Å². The second kappa shape index (κ2) is 5.05. The summed E-state index contributed by atoms with van der Waals surface area (Å²) in [5.74, 6) is 0. The first-order valence-electron chi connectivity index (χ1n) is 6.00. The Morgan fingerprint density at radius 3 is 2.47 bits per heavy atom. The van der Waals surface area contributed by atoms with E-state index in [1.807, 2.05) is 0 Å². The lowest BCUT2D eigenvalue weighted by molar-refractivity contribution is 0.0126. The number of nitrogen functional groups attached to an aromatic ring is 1. The van der Waals surface area contributed by atoms with Crippen LogP contribution in [0.2, 0.25) is 0 Å². The predicted octanol–water partition coefficient (Wildman–Crippen LogP) is 1.57. The fourth-order valence-electron chi connectivity index (χ4n) is 2.07. The largest absolute Gasteiger partial charge is 0.399 e. The smallest absolute Gasteiger partial charge is 0.244 e. The Balaban J connectivity index is 2.28. The standard InChI is InChI=1S/C12H17BrN2O3S/c1-12(16)4-6-15(7-5-12)19(17,18)11-3-2-9(14)8-10(11)13/h2-3,8,16H,4-7,14H2,1H3. The Bertz CT molecular complexity index is 577. The average Bonchev–Trinajstić information content (AvgIpc) is 2.27. The highest BCUT2D eigenvalue weighted by atomic mass is 79.9. The summed E-state index contributed by atoms with van der Waals surface area (Å²) in [6.07, 6.45) is 0.887. The van der Waals surface area contributed by atoms with Crippen molar-refractivity contribution in [3.63, 3.8) is 0 Å². The summed E-state index contributed by atoms with van der Waals surface area (Å²) in [7, 11) is -3.54. The number of hydrogen-bond acceptors (Lipinski definition) is 4. The van der Waals surface area contributed by atoms with E-state index in [4.69, 9.17) is 5.73 Å². The lowest BCUT2D eigenvalue weighted by atomic mass is 9.95. The van der Waals surface area contributed by atoms with E-state index in [1.165, 1.54) is 10.4 Å². The molecule has 1 heterocycles. The number of halogens is 1. The third-order valence-electron chi connectivity index (χ3n) is 3.37. The summed E-state index contributed by atoms with van der Waals surface area (Å²) in [6.45, 7) is 2.38. The number of sulfonamides is 1. The Labute approximate surface area is 121 Å². The maximum Gasteiger partial charge on any atom is 0.244 e. The Kier molecular flexibility index (Phi) is 3.92. The van der Waals surface area contributed by atoms with Gasteiger partial charge in [0.2, 0.25) is 10.0 Å². The highest BCUT2D eigenvalue weighted by Crippen LogP contribution is 2.30. The van der Waals surface area contributed by atoms with Crippen molar-refractivity contribution in [1.29, 1.82) is 0 Å². The molecule has 0 spiro atoms. The van der Waals surface area contributed by atoms with Gasteiger partial charge >= 0.3 is 0 Å². The number of hydrogen-bond donors (Lipinski definition) is 2. The molecule has 0 aliphatic carbocycles. The minimum atomic E-state index is -3.54. The minimum Gasteiger partial charge on any atom is -0.399 e. The van der Waals surface area contributed by atoms with Gasteiger partial charge in [-0.25, -0.2) is 8.42 Å². The van der Waals surface area contributed by atoms with Crippen LogP contribution in [0, 0.1) is 0 Å². The summed E-state index contributed by atoms with van der Waals surface area (Å²) < 4.78 is 26.9. The number of piperidine rings is 1. The first-order chi connectivity index (χ1) is 8.72. The van der Waals surface area contributed by atoms with Gasteiger partial charge in [-0.15, -0.1) is 0 Å². The molecule has 5 nitrogen and oxygen atoms in total. The molecule has 1 aromatic rings. The molecule has 1 aliphatic rings. The monoisotopic (exact) mass is 348 g/mol. The molecule has 0 atom stereocenters. The molecule has 19 heavy (non-hydrogen) atoms. The number of anilines is 1. The summed E-state index contributed by atoms with van der Waals surface area (Å²) in [5, 5.41) is 9.87. The molecule has 1 saturated heterocycles. The van der Waals surface area contributed by atoms with Crippen LogP contribution in [0.1, 0.15) is 19.8 Å². The SMILES string of the molecule is CC1(O)CCN(S(=O)(=O)c2ccc(N)cc2Br)CC1. The van der Waals surface area contributed by atoms with Crippen LogP contribution in [0.4, 0.5) is 5.69 Å². The molecule has 2 rings (SSSR count). The van der Waals surface area contributed by atoms with Crippen molar-refractivity contribution in [2.75, 3.05) is 18.8 Å². The molecule has 0 bridgehead atoms. The number of aliphatic hydroxyl groups is 1. The van der Waals surface area contributed by atoms with E-state index in [2.05, 4.69) is 15.9 Å². The van der Waals surface area contributed by atoms with E-state index in [1.54, 1.807) is 19.1 Å². The fraction of sp³-hybridized carbons (Fsp3) is 0.500. The van der Waals surface area contributed by atoms with Gasteiger partial charge in [-0.1, -0.05) is 0 Å². The molecule has 0 unspecified atom stereocenters. The van der Waals surface area contributed by atoms with E-state index in [0.29, 0.717) is 36.1 Å². The quantitative estimate of drug-likeness (QED) is 0.794. The second-order valence-corrected chi connectivity index (χ2v) is 7.85. The number of rotatable bonds is 2. The molecule has 1 aliphatic heterocycles. The average molecular weight is 349 g/mol. The molecule has 7 heteroatoms. The van der Waals surface area contributed by atoms with Crippen LogP contribution in [-0.2, 0) is 10.0 Å². The fourth-order valence-corrected chi connectivity index (χ4v) is 4.57. The van der Waals surface area contributed by atoms with Gasteiger partial charge < -0.3 is 10.8 Å². The van der Waals surface area contributed by atoms with Gasteiger partial charge in [0.25, 0.3) is 0 Å². The van der Waals surface area contributed by atoms with Gasteiger partial charge in [-0.3, -0.25) is 0 Å². The van der Waals surface area contributed by atoms with E-state index < -0.39 is 15.6 Å². The Morgan fingerprint density at radius 1 is 1.37 bits per heavy atom. The molecule has 1 fully saturated rings. The van der Waals surface area contributed by atoms with Crippen LogP contribution < -0.4 is 5.73 Å². The van der Waals surface area contributed by atoms with Crippen LogP contribution in [0.15, 0.2) is 27.6 Å². The highest BCUT2D eigenvalue weighted by Gasteiger charge is 2.34. The Hall–Kier alpha value is -0.630. The van der Waals surface area contributed by atoms with Gasteiger partial charge in [0.05, 0.1) is 10.5 Å². The Morgan fingerprint density at radius 2 is 1.95 bits per heavy atom. The summed E-state index contributed by atoms with van der Waals surface area (Å²) in [5.41, 5.74) is 5.35. The van der Waals surface area contributed by atoms with Crippen molar-refractivity contribution in [1.82, 2.24) is 4.31 Å². The zero-order chi connectivity index (χ0) is 14.3. The minimum absolute atomic E-state index is 0.211. The second-order valence-electron chi connectivity index (χ2n) is 5.09. The number of benzene rings is 1. The van der Waals surface area contributed by atoms with Crippen LogP contribution in [0.3, 0.4) is 0 Å². The molecule has 106 valence electrons. The van der Waals surface area contributed by atoms with E-state index >= 15 is 0 Å². The van der Waals surface area contributed by atoms with Gasteiger partial charge in [0.15, 0.2) is 0 Å². The predicted molar refractivity (Wildman–Crippen MR) is 77.2 cm³/mol. The molecular weight excluding hydrogens is 332 g/mol. The normalized spacial score (nSPS) is 20.4. The van der Waals surface area contributed by atoms with Gasteiger partial charge in [0.1, 0.15) is 0 Å². The van der Waals surface area contributed by atoms with Gasteiger partial charge in [-0.2, -0.15) is 4.31 Å². The first-order valence-corrected chi connectivity index (χ1v) is 8.23. The van der Waals surface area contributed by atoms with Crippen molar-refractivity contribution < 1.29 is 13.5 Å². The third-order valence-corrected chi connectivity index (χ3v) is 6.25. The molecule has 1 aromatic carbocycles. The molecule has 0 saturated carbocycles. The molecule has 0 radical (unpaired) electrons. The first kappa shape index (κ1) is 14.8. The van der Waals surface area contributed by atoms with Crippen molar-refractivity contribution in [3.8, 4) is 0 Å². The van der Waals surface area contributed by atoms with Crippen molar-refractivity contribution in [2.45, 2.75) is 30.3 Å². The van der Waals surface area contributed by atoms with Crippen molar-refractivity contribution >= 4 is 31.6 Å². The summed E-state index contributed by atoms with van der Waals surface area (Å²) >= 11 is 3.24. The third kappa shape index (κ3) is 3.10. The highest BCUT2D eigenvalue weighted by molar-refractivity contribution is 9.10. The maximum atomic E-state index is 12.5. The van der Waals surface area contributed by atoms with Crippen LogP contribution in [-0.4, -0.2) is 36.5 Å².